The number of ether oxygens (including phenoxy) is 2. The monoisotopic (exact) mass is 560 g/mol. The maximum atomic E-state index is 13.4. The normalized spacial score (nSPS) is 12.1. The van der Waals surface area contributed by atoms with Crippen molar-refractivity contribution in [1.29, 1.82) is 0 Å². The third-order valence-electron chi connectivity index (χ3n) is 6.17. The van der Waals surface area contributed by atoms with Crippen molar-refractivity contribution < 1.29 is 48.5 Å². The molecule has 0 unspecified atom stereocenters. The summed E-state index contributed by atoms with van der Waals surface area (Å²) < 4.78 is 9.76. The van der Waals surface area contributed by atoms with Gasteiger partial charge in [0, 0.05) is 5.56 Å². The summed E-state index contributed by atoms with van der Waals surface area (Å²) in [6, 6.07) is 13.7. The first-order chi connectivity index (χ1) is 19.7. The van der Waals surface area contributed by atoms with Crippen molar-refractivity contribution in [1.82, 2.24) is 0 Å². The Morgan fingerprint density at radius 2 is 1.44 bits per heavy atom. The highest BCUT2D eigenvalue weighted by atomic mass is 16.5. The van der Waals surface area contributed by atoms with Crippen molar-refractivity contribution in [3.63, 3.8) is 0 Å². The van der Waals surface area contributed by atoms with Gasteiger partial charge in [-0.15, -0.1) is 0 Å². The Kier molecular flexibility index (Phi) is 8.66. The van der Waals surface area contributed by atoms with Crippen molar-refractivity contribution in [2.75, 3.05) is 36.2 Å². The maximum absolute atomic E-state index is 13.4. The van der Waals surface area contributed by atoms with E-state index in [1.807, 2.05) is 0 Å². The molecule has 0 bridgehead atoms. The molecule has 1 aliphatic rings. The van der Waals surface area contributed by atoms with Gasteiger partial charge in [0.1, 0.15) is 13.2 Å². The van der Waals surface area contributed by atoms with Crippen LogP contribution in [0.2, 0.25) is 0 Å². The van der Waals surface area contributed by atoms with E-state index in [1.165, 1.54) is 60.7 Å². The van der Waals surface area contributed by atoms with Crippen LogP contribution in [0.1, 0.15) is 57.4 Å². The van der Waals surface area contributed by atoms with Crippen LogP contribution in [0.25, 0.3) is 0 Å². The number of benzene rings is 3. The molecule has 12 nitrogen and oxygen atoms in total. The molecule has 0 aromatic heterocycles. The molecule has 1 heterocycles. The van der Waals surface area contributed by atoms with Gasteiger partial charge in [0.05, 0.1) is 46.8 Å². The predicted molar refractivity (Wildman–Crippen MR) is 143 cm³/mol. The standard InChI is InChI=1S/C29H24N2O10/c1-17-5-6-18(28(38)40-11-9-32)13-23(17)25(35)30(16-34)20-3-2-4-21(15-20)31-26(36)22-8-7-19(14-24(22)27(31)37)29(39)41-12-10-33/h2-8,13-16,32-33H,9-12H2,1H3. The van der Waals surface area contributed by atoms with Crippen molar-refractivity contribution in [3.8, 4) is 0 Å². The van der Waals surface area contributed by atoms with Gasteiger partial charge in [-0.3, -0.25) is 19.2 Å². The largest absolute Gasteiger partial charge is 0.460 e. The van der Waals surface area contributed by atoms with Crippen LogP contribution in [0.5, 0.6) is 0 Å². The summed E-state index contributed by atoms with van der Waals surface area (Å²) in [5.41, 5.74) is 0.663. The number of esters is 2. The van der Waals surface area contributed by atoms with E-state index in [4.69, 9.17) is 19.7 Å². The molecule has 0 aliphatic carbocycles. The molecular weight excluding hydrogens is 536 g/mol. The zero-order chi connectivity index (χ0) is 29.7. The van der Waals surface area contributed by atoms with Crippen molar-refractivity contribution in [2.24, 2.45) is 0 Å². The predicted octanol–water partition coefficient (Wildman–Crippen LogP) is 1.90. The van der Waals surface area contributed by atoms with Crippen LogP contribution in [-0.4, -0.2) is 72.7 Å². The number of hydrogen-bond acceptors (Lipinski definition) is 10. The molecule has 0 saturated heterocycles. The molecule has 4 rings (SSSR count). The molecule has 41 heavy (non-hydrogen) atoms. The number of anilines is 2. The summed E-state index contributed by atoms with van der Waals surface area (Å²) in [5, 5.41) is 17.7. The second-order valence-corrected chi connectivity index (χ2v) is 8.76. The molecular formula is C29H24N2O10. The van der Waals surface area contributed by atoms with E-state index in [0.717, 1.165) is 9.80 Å². The number of aliphatic hydroxyl groups excluding tert-OH is 2. The van der Waals surface area contributed by atoms with E-state index in [0.29, 0.717) is 5.56 Å². The SMILES string of the molecule is Cc1ccc(C(=O)OCCO)cc1C(=O)N(C=O)c1cccc(N2C(=O)c3ccc(C(=O)OCCO)cc3C2=O)c1. The van der Waals surface area contributed by atoms with Gasteiger partial charge in [-0.05, 0) is 61.0 Å². The van der Waals surface area contributed by atoms with Crippen molar-refractivity contribution in [2.45, 2.75) is 6.92 Å². The topological polar surface area (TPSA) is 168 Å². The lowest BCUT2D eigenvalue weighted by Crippen LogP contribution is -2.32. The molecule has 0 fully saturated rings. The minimum atomic E-state index is -0.778. The quantitative estimate of drug-likeness (QED) is 0.212. The first-order valence-corrected chi connectivity index (χ1v) is 12.3. The molecule has 2 N–H and O–H groups in total. The van der Waals surface area contributed by atoms with Crippen LogP contribution < -0.4 is 9.80 Å². The fourth-order valence-corrected chi connectivity index (χ4v) is 4.16. The summed E-state index contributed by atoms with van der Waals surface area (Å²) in [4.78, 5) is 77.8. The Morgan fingerprint density at radius 3 is 2.07 bits per heavy atom. The van der Waals surface area contributed by atoms with E-state index < -0.39 is 29.7 Å². The van der Waals surface area contributed by atoms with Crippen molar-refractivity contribution in [3.05, 3.63) is 94.0 Å². The average Bonchev–Trinajstić information content (AvgIpc) is 3.23. The van der Waals surface area contributed by atoms with Gasteiger partial charge in [-0.2, -0.15) is 0 Å². The molecule has 0 saturated carbocycles. The Hall–Kier alpha value is -5.20. The lowest BCUT2D eigenvalue weighted by Gasteiger charge is -2.20. The fraction of sp³-hybridized carbons (Fsp3) is 0.172. The number of aliphatic hydroxyl groups is 2. The van der Waals surface area contributed by atoms with Gasteiger partial charge >= 0.3 is 11.9 Å². The van der Waals surface area contributed by atoms with Gasteiger partial charge in [0.15, 0.2) is 0 Å². The highest BCUT2D eigenvalue weighted by Gasteiger charge is 2.37. The van der Waals surface area contributed by atoms with Gasteiger partial charge in [-0.25, -0.2) is 19.4 Å². The zero-order valence-electron chi connectivity index (χ0n) is 21.7. The molecule has 4 amide bonds. The number of imide groups is 2. The van der Waals surface area contributed by atoms with Crippen LogP contribution in [0.15, 0.2) is 60.7 Å². The van der Waals surface area contributed by atoms with Gasteiger partial charge in [-0.1, -0.05) is 12.1 Å². The summed E-state index contributed by atoms with van der Waals surface area (Å²) in [5.74, 6) is -3.72. The number of rotatable bonds is 10. The molecule has 3 aromatic rings. The highest BCUT2D eigenvalue weighted by Crippen LogP contribution is 2.32. The number of amides is 4. The minimum absolute atomic E-state index is 0.0181. The number of hydrogen-bond donors (Lipinski definition) is 2. The summed E-state index contributed by atoms with van der Waals surface area (Å²) >= 11 is 0. The first-order valence-electron chi connectivity index (χ1n) is 12.3. The van der Waals surface area contributed by atoms with Crippen LogP contribution in [0.4, 0.5) is 11.4 Å². The van der Waals surface area contributed by atoms with Gasteiger partial charge in [0.2, 0.25) is 6.41 Å². The molecule has 1 aliphatic heterocycles. The van der Waals surface area contributed by atoms with E-state index in [1.54, 1.807) is 6.92 Å². The minimum Gasteiger partial charge on any atom is -0.460 e. The van der Waals surface area contributed by atoms with E-state index in [2.05, 4.69) is 0 Å². The van der Waals surface area contributed by atoms with E-state index >= 15 is 0 Å². The van der Waals surface area contributed by atoms with Crippen molar-refractivity contribution >= 4 is 47.4 Å². The Bertz CT molecular complexity index is 1560. The number of fused-ring (bicyclic) bond motifs is 1. The lowest BCUT2D eigenvalue weighted by atomic mass is 10.0. The summed E-state index contributed by atoms with van der Waals surface area (Å²) in [6.07, 6.45) is 0.268. The molecule has 0 spiro atoms. The fourth-order valence-electron chi connectivity index (χ4n) is 4.16. The molecule has 0 radical (unpaired) electrons. The Balaban J connectivity index is 1.63. The third kappa shape index (κ3) is 5.73. The van der Waals surface area contributed by atoms with Crippen LogP contribution in [0.3, 0.4) is 0 Å². The van der Waals surface area contributed by atoms with Gasteiger partial charge < -0.3 is 19.7 Å². The van der Waals surface area contributed by atoms with Crippen LogP contribution in [-0.2, 0) is 14.3 Å². The Morgan fingerprint density at radius 1 is 0.829 bits per heavy atom. The third-order valence-corrected chi connectivity index (χ3v) is 6.17. The summed E-state index contributed by atoms with van der Waals surface area (Å²) in [7, 11) is 0. The highest BCUT2D eigenvalue weighted by molar-refractivity contribution is 6.35. The number of carbonyl (C=O) groups is 6. The molecule has 210 valence electrons. The van der Waals surface area contributed by atoms with Gasteiger partial charge in [0.25, 0.3) is 17.7 Å². The van der Waals surface area contributed by atoms with Crippen LogP contribution >= 0.6 is 0 Å². The number of aryl methyl sites for hydroxylation is 1. The molecule has 3 aromatic carbocycles. The zero-order valence-corrected chi connectivity index (χ0v) is 21.7. The second-order valence-electron chi connectivity index (χ2n) is 8.76. The maximum Gasteiger partial charge on any atom is 0.338 e. The first kappa shape index (κ1) is 28.8. The Labute approximate surface area is 233 Å². The molecule has 0 atom stereocenters. The molecule has 12 heteroatoms. The number of carbonyl (C=O) groups excluding carboxylic acids is 6. The smallest absolute Gasteiger partial charge is 0.338 e. The van der Waals surface area contributed by atoms with E-state index in [9.17, 15) is 28.8 Å². The van der Waals surface area contributed by atoms with Crippen LogP contribution in [0, 0.1) is 6.92 Å². The average molecular weight is 561 g/mol. The van der Waals surface area contributed by atoms with E-state index in [-0.39, 0.29) is 72.0 Å². The second kappa shape index (κ2) is 12.3. The summed E-state index contributed by atoms with van der Waals surface area (Å²) in [6.45, 7) is 0.411. The number of nitrogens with zero attached hydrogens (tertiary/aromatic N) is 2. The lowest BCUT2D eigenvalue weighted by molar-refractivity contribution is -0.106.